The van der Waals surface area contributed by atoms with Gasteiger partial charge in [0.25, 0.3) is 0 Å². The molecule has 1 atom stereocenters. The van der Waals surface area contributed by atoms with Gasteiger partial charge in [-0.3, -0.25) is 4.79 Å². The Bertz CT molecular complexity index is 214. The van der Waals surface area contributed by atoms with Crippen LogP contribution in [-0.2, 0) is 4.79 Å². The van der Waals surface area contributed by atoms with E-state index < -0.39 is 0 Å². The Labute approximate surface area is 92.2 Å². The predicted octanol–water partition coefficient (Wildman–Crippen LogP) is 0.180. The number of nitrogens with two attached hydrogens (primary N) is 1. The van der Waals surface area contributed by atoms with Crippen molar-refractivity contribution in [1.82, 2.24) is 10.2 Å². The quantitative estimate of drug-likeness (QED) is 0.634. The largest absolute Gasteiger partial charge is 0.368 e. The van der Waals surface area contributed by atoms with Gasteiger partial charge in [0.15, 0.2) is 0 Å². The SMILES string of the molecule is CC(C)CN(C)CC(NC1CC1)C(N)=O. The highest BCUT2D eigenvalue weighted by atomic mass is 16.1. The van der Waals surface area contributed by atoms with Crippen molar-refractivity contribution in [3.63, 3.8) is 0 Å². The Morgan fingerprint density at radius 2 is 2.07 bits per heavy atom. The molecule has 0 radical (unpaired) electrons. The summed E-state index contributed by atoms with van der Waals surface area (Å²) in [5.41, 5.74) is 5.36. The van der Waals surface area contributed by atoms with E-state index in [0.717, 1.165) is 6.54 Å². The number of likely N-dealkylation sites (N-methyl/N-ethyl adjacent to an activating group) is 1. The van der Waals surface area contributed by atoms with Crippen LogP contribution in [0.4, 0.5) is 0 Å². The van der Waals surface area contributed by atoms with Gasteiger partial charge in [-0.15, -0.1) is 0 Å². The first kappa shape index (κ1) is 12.5. The van der Waals surface area contributed by atoms with Gasteiger partial charge in [0.05, 0.1) is 6.04 Å². The normalized spacial score (nSPS) is 18.5. The van der Waals surface area contributed by atoms with Crippen LogP contribution in [0.2, 0.25) is 0 Å². The minimum absolute atomic E-state index is 0.193. The highest BCUT2D eigenvalue weighted by Crippen LogP contribution is 2.19. The van der Waals surface area contributed by atoms with Crippen molar-refractivity contribution in [1.29, 1.82) is 0 Å². The number of hydrogen-bond acceptors (Lipinski definition) is 3. The third-order valence-corrected chi connectivity index (χ3v) is 2.53. The average Bonchev–Trinajstić information content (AvgIpc) is 2.85. The smallest absolute Gasteiger partial charge is 0.235 e. The molecule has 1 rings (SSSR count). The molecular weight excluding hydrogens is 190 g/mol. The van der Waals surface area contributed by atoms with Gasteiger partial charge < -0.3 is 16.0 Å². The van der Waals surface area contributed by atoms with Crippen LogP contribution < -0.4 is 11.1 Å². The highest BCUT2D eigenvalue weighted by Gasteiger charge is 2.27. The van der Waals surface area contributed by atoms with Crippen molar-refractivity contribution in [3.8, 4) is 0 Å². The molecule has 1 unspecified atom stereocenters. The van der Waals surface area contributed by atoms with E-state index in [4.69, 9.17) is 5.73 Å². The van der Waals surface area contributed by atoms with E-state index in [1.54, 1.807) is 0 Å². The van der Waals surface area contributed by atoms with Crippen molar-refractivity contribution in [2.75, 3.05) is 20.1 Å². The first-order chi connectivity index (χ1) is 6.99. The minimum Gasteiger partial charge on any atom is -0.368 e. The molecule has 15 heavy (non-hydrogen) atoms. The first-order valence-corrected chi connectivity index (χ1v) is 5.73. The summed E-state index contributed by atoms with van der Waals surface area (Å²) in [6.07, 6.45) is 2.36. The van der Waals surface area contributed by atoms with Crippen LogP contribution in [0.15, 0.2) is 0 Å². The topological polar surface area (TPSA) is 58.4 Å². The van der Waals surface area contributed by atoms with Gasteiger partial charge in [0.2, 0.25) is 5.91 Å². The van der Waals surface area contributed by atoms with E-state index >= 15 is 0 Å². The molecule has 1 saturated carbocycles. The molecule has 1 aliphatic rings. The molecule has 0 aromatic rings. The maximum Gasteiger partial charge on any atom is 0.235 e. The maximum absolute atomic E-state index is 11.2. The second kappa shape index (κ2) is 5.47. The molecule has 0 bridgehead atoms. The average molecular weight is 213 g/mol. The van der Waals surface area contributed by atoms with Crippen LogP contribution in [-0.4, -0.2) is 43.0 Å². The zero-order chi connectivity index (χ0) is 11.4. The summed E-state index contributed by atoms with van der Waals surface area (Å²) in [5, 5.41) is 3.28. The third kappa shape index (κ3) is 5.14. The number of carbonyl (C=O) groups excluding carboxylic acids is 1. The van der Waals surface area contributed by atoms with Gasteiger partial charge in [0.1, 0.15) is 0 Å². The second-order valence-corrected chi connectivity index (χ2v) is 5.01. The van der Waals surface area contributed by atoms with E-state index in [2.05, 4.69) is 24.1 Å². The van der Waals surface area contributed by atoms with Crippen molar-refractivity contribution in [2.24, 2.45) is 11.7 Å². The molecule has 0 aliphatic heterocycles. The van der Waals surface area contributed by atoms with Crippen LogP contribution in [0.5, 0.6) is 0 Å². The monoisotopic (exact) mass is 213 g/mol. The van der Waals surface area contributed by atoms with Crippen LogP contribution in [0, 0.1) is 5.92 Å². The van der Waals surface area contributed by atoms with Gasteiger partial charge in [-0.2, -0.15) is 0 Å². The predicted molar refractivity (Wildman–Crippen MR) is 61.5 cm³/mol. The lowest BCUT2D eigenvalue weighted by Crippen LogP contribution is -2.49. The second-order valence-electron chi connectivity index (χ2n) is 5.01. The maximum atomic E-state index is 11.2. The zero-order valence-corrected chi connectivity index (χ0v) is 9.99. The van der Waals surface area contributed by atoms with E-state index in [1.165, 1.54) is 12.8 Å². The van der Waals surface area contributed by atoms with Gasteiger partial charge in [-0.25, -0.2) is 0 Å². The van der Waals surface area contributed by atoms with E-state index in [0.29, 0.717) is 18.5 Å². The summed E-state index contributed by atoms with van der Waals surface area (Å²) in [5.74, 6) is 0.377. The van der Waals surface area contributed by atoms with E-state index in [9.17, 15) is 4.79 Å². The van der Waals surface area contributed by atoms with Crippen molar-refractivity contribution < 1.29 is 4.79 Å². The van der Waals surface area contributed by atoms with Crippen molar-refractivity contribution >= 4 is 5.91 Å². The number of nitrogens with zero attached hydrogens (tertiary/aromatic N) is 1. The Hall–Kier alpha value is -0.610. The van der Waals surface area contributed by atoms with Crippen molar-refractivity contribution in [3.05, 3.63) is 0 Å². The number of rotatable bonds is 7. The summed E-state index contributed by atoms with van der Waals surface area (Å²) in [7, 11) is 2.03. The molecule has 1 aliphatic carbocycles. The van der Waals surface area contributed by atoms with E-state index in [-0.39, 0.29) is 11.9 Å². The standard InChI is InChI=1S/C11H23N3O/c1-8(2)6-14(3)7-10(11(12)15)13-9-4-5-9/h8-10,13H,4-7H2,1-3H3,(H2,12,15). The fourth-order valence-electron chi connectivity index (χ4n) is 1.77. The molecule has 0 heterocycles. The molecule has 1 fully saturated rings. The molecular formula is C11H23N3O. The minimum atomic E-state index is -0.238. The first-order valence-electron chi connectivity index (χ1n) is 5.73. The lowest BCUT2D eigenvalue weighted by Gasteiger charge is -2.24. The zero-order valence-electron chi connectivity index (χ0n) is 9.99. The summed E-state index contributed by atoms with van der Waals surface area (Å²) < 4.78 is 0. The fraction of sp³-hybridized carbons (Fsp3) is 0.909. The molecule has 0 spiro atoms. The van der Waals surface area contributed by atoms with Gasteiger partial charge in [-0.05, 0) is 25.8 Å². The lowest BCUT2D eigenvalue weighted by atomic mass is 10.2. The molecule has 4 heteroatoms. The number of carbonyl (C=O) groups is 1. The Morgan fingerprint density at radius 3 is 2.47 bits per heavy atom. The molecule has 0 aromatic heterocycles. The molecule has 3 N–H and O–H groups in total. The third-order valence-electron chi connectivity index (χ3n) is 2.53. The summed E-state index contributed by atoms with van der Waals surface area (Å²) in [4.78, 5) is 13.4. The lowest BCUT2D eigenvalue weighted by molar-refractivity contribution is -0.120. The Morgan fingerprint density at radius 1 is 1.47 bits per heavy atom. The summed E-state index contributed by atoms with van der Waals surface area (Å²) >= 11 is 0. The van der Waals surface area contributed by atoms with Gasteiger partial charge in [0, 0.05) is 19.1 Å². The van der Waals surface area contributed by atoms with Crippen LogP contribution >= 0.6 is 0 Å². The number of primary amides is 1. The molecule has 4 nitrogen and oxygen atoms in total. The molecule has 88 valence electrons. The Kier molecular flexibility index (Phi) is 4.54. The van der Waals surface area contributed by atoms with Crippen molar-refractivity contribution in [2.45, 2.75) is 38.8 Å². The van der Waals surface area contributed by atoms with Gasteiger partial charge >= 0.3 is 0 Å². The van der Waals surface area contributed by atoms with Crippen LogP contribution in [0.3, 0.4) is 0 Å². The van der Waals surface area contributed by atoms with Crippen LogP contribution in [0.25, 0.3) is 0 Å². The van der Waals surface area contributed by atoms with Gasteiger partial charge in [-0.1, -0.05) is 13.8 Å². The Balaban J connectivity index is 2.31. The number of hydrogen-bond donors (Lipinski definition) is 2. The van der Waals surface area contributed by atoms with E-state index in [1.807, 2.05) is 7.05 Å². The molecule has 0 aromatic carbocycles. The fourth-order valence-corrected chi connectivity index (χ4v) is 1.77. The molecule has 1 amide bonds. The van der Waals surface area contributed by atoms with Crippen LogP contribution in [0.1, 0.15) is 26.7 Å². The summed E-state index contributed by atoms with van der Waals surface area (Å²) in [6, 6.07) is 0.330. The molecule has 0 saturated heterocycles. The number of amides is 1. The number of nitrogens with one attached hydrogen (secondary N) is 1. The highest BCUT2D eigenvalue weighted by molar-refractivity contribution is 5.80. The summed E-state index contributed by atoms with van der Waals surface area (Å²) in [6.45, 7) is 6.05.